The second-order valence-corrected chi connectivity index (χ2v) is 4.17. The molecule has 0 bridgehead atoms. The van der Waals surface area contributed by atoms with Gasteiger partial charge in [0.05, 0.1) is 14.2 Å². The maximum atomic E-state index is 13.6. The number of rotatable bonds is 5. The molecule has 0 heterocycles. The third kappa shape index (κ3) is 3.12. The molecule has 106 valence electrons. The van der Waals surface area contributed by atoms with E-state index in [1.807, 2.05) is 6.07 Å². The summed E-state index contributed by atoms with van der Waals surface area (Å²) in [6, 6.07) is 9.71. The lowest BCUT2D eigenvalue weighted by Crippen LogP contribution is -1.99. The fourth-order valence-corrected chi connectivity index (χ4v) is 1.77. The highest BCUT2D eigenvalue weighted by molar-refractivity contribution is 5.44. The van der Waals surface area contributed by atoms with Gasteiger partial charge in [-0.1, -0.05) is 6.07 Å². The summed E-state index contributed by atoms with van der Waals surface area (Å²) in [4.78, 5) is 0. The quantitative estimate of drug-likeness (QED) is 0.854. The summed E-state index contributed by atoms with van der Waals surface area (Å²) in [7, 11) is 3.12. The minimum Gasteiger partial charge on any atom is -0.493 e. The Balaban J connectivity index is 2.10. The summed E-state index contributed by atoms with van der Waals surface area (Å²) in [6.07, 6.45) is 0. The summed E-state index contributed by atoms with van der Waals surface area (Å²) in [5.41, 5.74) is 6.69. The van der Waals surface area contributed by atoms with Crippen LogP contribution in [0.25, 0.3) is 0 Å². The van der Waals surface area contributed by atoms with E-state index in [0.717, 1.165) is 5.56 Å². The molecule has 2 aromatic carbocycles. The summed E-state index contributed by atoms with van der Waals surface area (Å²) in [6.45, 7) is 0.223. The first-order valence-electron chi connectivity index (χ1n) is 6.02. The van der Waals surface area contributed by atoms with E-state index >= 15 is 0 Å². The van der Waals surface area contributed by atoms with Crippen molar-refractivity contribution < 1.29 is 18.6 Å². The van der Waals surface area contributed by atoms with Crippen molar-refractivity contribution in [3.63, 3.8) is 0 Å². The molecule has 0 spiro atoms. The smallest absolute Gasteiger partial charge is 0.167 e. The van der Waals surface area contributed by atoms with Crippen LogP contribution in [-0.4, -0.2) is 14.2 Å². The van der Waals surface area contributed by atoms with Crippen LogP contribution in [0.1, 0.15) is 5.56 Å². The summed E-state index contributed by atoms with van der Waals surface area (Å²) in [5, 5.41) is 0. The zero-order valence-corrected chi connectivity index (χ0v) is 11.4. The highest BCUT2D eigenvalue weighted by Gasteiger charge is 2.07. The zero-order chi connectivity index (χ0) is 14.5. The van der Waals surface area contributed by atoms with Crippen LogP contribution >= 0.6 is 0 Å². The highest BCUT2D eigenvalue weighted by Crippen LogP contribution is 2.28. The molecule has 0 saturated carbocycles. The van der Waals surface area contributed by atoms with Crippen LogP contribution in [0.3, 0.4) is 0 Å². The Morgan fingerprint density at radius 2 is 1.65 bits per heavy atom. The minimum atomic E-state index is -0.481. The molecule has 4 nitrogen and oxygen atoms in total. The van der Waals surface area contributed by atoms with Gasteiger partial charge >= 0.3 is 0 Å². The van der Waals surface area contributed by atoms with Gasteiger partial charge in [-0.25, -0.2) is 4.39 Å². The van der Waals surface area contributed by atoms with Crippen LogP contribution in [0.2, 0.25) is 0 Å². The fraction of sp³-hybridized carbons (Fsp3) is 0.200. The first kappa shape index (κ1) is 14.0. The first-order valence-corrected chi connectivity index (χ1v) is 6.02. The molecule has 0 aromatic heterocycles. The average molecular weight is 277 g/mol. The number of methoxy groups -OCH3 is 2. The average Bonchev–Trinajstić information content (AvgIpc) is 2.46. The van der Waals surface area contributed by atoms with E-state index in [-0.39, 0.29) is 12.4 Å². The van der Waals surface area contributed by atoms with Gasteiger partial charge in [-0.15, -0.1) is 0 Å². The van der Waals surface area contributed by atoms with Gasteiger partial charge in [-0.3, -0.25) is 0 Å². The third-order valence-electron chi connectivity index (χ3n) is 2.80. The van der Waals surface area contributed by atoms with Crippen LogP contribution in [0.4, 0.5) is 10.1 Å². The van der Waals surface area contributed by atoms with Crippen LogP contribution in [-0.2, 0) is 6.61 Å². The zero-order valence-electron chi connectivity index (χ0n) is 11.4. The van der Waals surface area contributed by atoms with Crippen molar-refractivity contribution in [3.05, 3.63) is 47.8 Å². The van der Waals surface area contributed by atoms with Gasteiger partial charge in [0.2, 0.25) is 0 Å². The molecule has 2 N–H and O–H groups in total. The van der Waals surface area contributed by atoms with Crippen molar-refractivity contribution in [1.29, 1.82) is 0 Å². The van der Waals surface area contributed by atoms with E-state index in [4.69, 9.17) is 19.9 Å². The lowest BCUT2D eigenvalue weighted by Gasteiger charge is -2.11. The third-order valence-corrected chi connectivity index (χ3v) is 2.80. The van der Waals surface area contributed by atoms with Crippen molar-refractivity contribution in [3.8, 4) is 17.2 Å². The number of hydrogen-bond acceptors (Lipinski definition) is 4. The summed E-state index contributed by atoms with van der Waals surface area (Å²) < 4.78 is 29.3. The standard InChI is InChI=1S/C15H16FNO3/c1-18-14-5-3-10(7-15(14)19-2)9-20-13-6-4-11(17)8-12(13)16/h3-8H,9,17H2,1-2H3. The van der Waals surface area contributed by atoms with Gasteiger partial charge in [-0.2, -0.15) is 0 Å². The second kappa shape index (κ2) is 6.14. The van der Waals surface area contributed by atoms with Gasteiger partial charge in [0.25, 0.3) is 0 Å². The Morgan fingerprint density at radius 1 is 0.950 bits per heavy atom. The number of anilines is 1. The monoisotopic (exact) mass is 277 g/mol. The molecule has 0 fully saturated rings. The topological polar surface area (TPSA) is 53.7 Å². The number of benzene rings is 2. The predicted molar refractivity (Wildman–Crippen MR) is 74.7 cm³/mol. The Labute approximate surface area is 116 Å². The van der Waals surface area contributed by atoms with Crippen molar-refractivity contribution in [2.24, 2.45) is 0 Å². The molecular weight excluding hydrogens is 261 g/mol. The molecule has 0 radical (unpaired) electrons. The number of ether oxygens (including phenoxy) is 3. The summed E-state index contributed by atoms with van der Waals surface area (Å²) >= 11 is 0. The number of hydrogen-bond donors (Lipinski definition) is 1. The molecule has 0 aliphatic heterocycles. The highest BCUT2D eigenvalue weighted by atomic mass is 19.1. The van der Waals surface area contributed by atoms with Gasteiger partial charge in [0.1, 0.15) is 6.61 Å². The van der Waals surface area contributed by atoms with Crippen LogP contribution in [0, 0.1) is 5.82 Å². The lowest BCUT2D eigenvalue weighted by atomic mass is 10.2. The first-order chi connectivity index (χ1) is 9.63. The molecule has 20 heavy (non-hydrogen) atoms. The Kier molecular flexibility index (Phi) is 4.30. The summed E-state index contributed by atoms with van der Waals surface area (Å²) in [5.74, 6) is 0.917. The maximum Gasteiger partial charge on any atom is 0.167 e. The number of halogens is 1. The molecular formula is C15H16FNO3. The molecule has 0 saturated heterocycles. The Morgan fingerprint density at radius 3 is 2.30 bits per heavy atom. The molecule has 0 aliphatic rings. The van der Waals surface area contributed by atoms with Gasteiger partial charge < -0.3 is 19.9 Å². The fourth-order valence-electron chi connectivity index (χ4n) is 1.77. The van der Waals surface area contributed by atoms with E-state index in [0.29, 0.717) is 17.2 Å². The van der Waals surface area contributed by atoms with Gasteiger partial charge in [0, 0.05) is 11.8 Å². The number of nitrogen functional groups attached to an aromatic ring is 1. The normalized spacial score (nSPS) is 10.2. The second-order valence-electron chi connectivity index (χ2n) is 4.17. The van der Waals surface area contributed by atoms with E-state index in [2.05, 4.69) is 0 Å². The molecule has 0 aliphatic carbocycles. The van der Waals surface area contributed by atoms with Crippen LogP contribution in [0.15, 0.2) is 36.4 Å². The van der Waals surface area contributed by atoms with E-state index in [1.165, 1.54) is 12.1 Å². The molecule has 2 rings (SSSR count). The SMILES string of the molecule is COc1ccc(COc2ccc(N)cc2F)cc1OC. The minimum absolute atomic E-state index is 0.161. The molecule has 0 unspecified atom stereocenters. The largest absolute Gasteiger partial charge is 0.493 e. The van der Waals surface area contributed by atoms with E-state index in [1.54, 1.807) is 32.4 Å². The van der Waals surface area contributed by atoms with E-state index < -0.39 is 5.82 Å². The van der Waals surface area contributed by atoms with Gasteiger partial charge in [-0.05, 0) is 29.8 Å². The lowest BCUT2D eigenvalue weighted by molar-refractivity contribution is 0.289. The van der Waals surface area contributed by atoms with Crippen molar-refractivity contribution in [2.75, 3.05) is 20.0 Å². The van der Waals surface area contributed by atoms with Crippen LogP contribution in [0.5, 0.6) is 17.2 Å². The van der Waals surface area contributed by atoms with Crippen molar-refractivity contribution >= 4 is 5.69 Å². The Hall–Kier alpha value is -2.43. The molecule has 0 atom stereocenters. The number of nitrogens with two attached hydrogens (primary N) is 1. The van der Waals surface area contributed by atoms with Crippen molar-refractivity contribution in [2.45, 2.75) is 6.61 Å². The van der Waals surface area contributed by atoms with Crippen LogP contribution < -0.4 is 19.9 Å². The van der Waals surface area contributed by atoms with E-state index in [9.17, 15) is 4.39 Å². The Bertz CT molecular complexity index is 602. The van der Waals surface area contributed by atoms with Crippen molar-refractivity contribution in [1.82, 2.24) is 0 Å². The molecule has 2 aromatic rings. The molecule has 0 amide bonds. The molecule has 5 heteroatoms. The van der Waals surface area contributed by atoms with Gasteiger partial charge in [0.15, 0.2) is 23.1 Å². The maximum absolute atomic E-state index is 13.6. The predicted octanol–water partition coefficient (Wildman–Crippen LogP) is 3.00.